The number of carbonyl (C=O) groups is 1. The lowest BCUT2D eigenvalue weighted by Crippen LogP contribution is -2.11. The van der Waals surface area contributed by atoms with Gasteiger partial charge in [0.15, 0.2) is 0 Å². The number of hydrazone groups is 1. The van der Waals surface area contributed by atoms with Gasteiger partial charge in [0.1, 0.15) is 11.6 Å². The van der Waals surface area contributed by atoms with Crippen LogP contribution in [0.15, 0.2) is 41.6 Å². The summed E-state index contributed by atoms with van der Waals surface area (Å²) in [5.41, 5.74) is 5.33. The fourth-order valence-electron chi connectivity index (χ4n) is 3.35. The Hall–Kier alpha value is -2.96. The van der Waals surface area contributed by atoms with E-state index in [1.165, 1.54) is 6.07 Å². The maximum absolute atomic E-state index is 14.0. The van der Waals surface area contributed by atoms with E-state index in [0.29, 0.717) is 30.8 Å². The number of nitrogens with zero attached hydrogens (tertiary/aromatic N) is 2. The van der Waals surface area contributed by atoms with Crippen LogP contribution in [0.4, 0.5) is 4.39 Å². The number of aromatic nitrogens is 1. The van der Waals surface area contributed by atoms with Gasteiger partial charge in [-0.05, 0) is 35.7 Å². The summed E-state index contributed by atoms with van der Waals surface area (Å²) >= 11 is 0. The molecule has 6 nitrogen and oxygen atoms in total. The van der Waals surface area contributed by atoms with Crippen molar-refractivity contribution in [2.75, 3.05) is 6.61 Å². The van der Waals surface area contributed by atoms with Crippen LogP contribution in [0.25, 0.3) is 0 Å². The van der Waals surface area contributed by atoms with Crippen LogP contribution in [0.1, 0.15) is 41.6 Å². The zero-order valence-corrected chi connectivity index (χ0v) is 14.6. The summed E-state index contributed by atoms with van der Waals surface area (Å²) in [5, 5.41) is 13.0. The van der Waals surface area contributed by atoms with Gasteiger partial charge in [0.25, 0.3) is 0 Å². The Kier molecular flexibility index (Phi) is 4.75. The van der Waals surface area contributed by atoms with Gasteiger partial charge in [-0.1, -0.05) is 12.1 Å². The predicted molar refractivity (Wildman–Crippen MR) is 97.3 cm³/mol. The number of hydrogen-bond acceptors (Lipinski definition) is 5. The highest BCUT2D eigenvalue weighted by atomic mass is 19.1. The summed E-state index contributed by atoms with van der Waals surface area (Å²) in [6, 6.07) is 8.80. The average Bonchev–Trinajstić information content (AvgIpc) is 3.29. The minimum Gasteiger partial charge on any atom is -0.492 e. The summed E-state index contributed by atoms with van der Waals surface area (Å²) in [4.78, 5) is 15.4. The summed E-state index contributed by atoms with van der Waals surface area (Å²) in [7, 11) is 0. The van der Waals surface area contributed by atoms with Crippen molar-refractivity contribution in [2.24, 2.45) is 11.0 Å². The normalized spacial score (nSPS) is 23.1. The van der Waals surface area contributed by atoms with Gasteiger partial charge in [0.2, 0.25) is 0 Å². The molecule has 0 saturated heterocycles. The van der Waals surface area contributed by atoms with Crippen molar-refractivity contribution >= 4 is 12.2 Å². The van der Waals surface area contributed by atoms with Crippen LogP contribution in [0, 0.1) is 11.7 Å². The van der Waals surface area contributed by atoms with Crippen molar-refractivity contribution in [3.8, 4) is 5.75 Å². The fourth-order valence-corrected chi connectivity index (χ4v) is 3.35. The first-order valence-corrected chi connectivity index (χ1v) is 8.99. The van der Waals surface area contributed by atoms with Gasteiger partial charge in [-0.3, -0.25) is 9.78 Å². The number of halogens is 1. The topological polar surface area (TPSA) is 83.8 Å². The molecule has 4 rings (SSSR count). The molecule has 1 aromatic carbocycles. The predicted octanol–water partition coefficient (Wildman–Crippen LogP) is 3.05. The van der Waals surface area contributed by atoms with Crippen LogP contribution in [0.2, 0.25) is 0 Å². The molecule has 3 atom stereocenters. The lowest BCUT2D eigenvalue weighted by Gasteiger charge is -2.11. The molecule has 1 aromatic heterocycles. The summed E-state index contributed by atoms with van der Waals surface area (Å²) < 4.78 is 19.7. The van der Waals surface area contributed by atoms with E-state index < -0.39 is 11.9 Å². The molecule has 140 valence electrons. The van der Waals surface area contributed by atoms with Crippen molar-refractivity contribution in [1.82, 2.24) is 10.4 Å². The maximum Gasteiger partial charge on any atom is 0.307 e. The zero-order chi connectivity index (χ0) is 18.8. The maximum atomic E-state index is 14.0. The largest absolute Gasteiger partial charge is 0.492 e. The van der Waals surface area contributed by atoms with Crippen LogP contribution in [-0.4, -0.2) is 28.9 Å². The molecule has 2 aliphatic rings. The number of carboxylic acids is 1. The number of nitrogens with one attached hydrogen (secondary N) is 1. The Morgan fingerprint density at radius 2 is 2.22 bits per heavy atom. The van der Waals surface area contributed by atoms with Crippen molar-refractivity contribution in [1.29, 1.82) is 0 Å². The van der Waals surface area contributed by atoms with E-state index in [1.807, 2.05) is 18.3 Å². The Morgan fingerprint density at radius 3 is 2.89 bits per heavy atom. The third kappa shape index (κ3) is 3.92. The third-order valence-electron chi connectivity index (χ3n) is 5.01. The molecule has 2 heterocycles. The van der Waals surface area contributed by atoms with Crippen molar-refractivity contribution < 1.29 is 19.0 Å². The highest BCUT2D eigenvalue weighted by molar-refractivity contribution is 5.75. The molecule has 1 fully saturated rings. The Bertz CT molecular complexity index is 861. The summed E-state index contributed by atoms with van der Waals surface area (Å²) in [6.07, 6.45) is 5.45. The van der Waals surface area contributed by atoms with Crippen LogP contribution in [0.3, 0.4) is 0 Å². The molecule has 2 N–H and O–H groups in total. The van der Waals surface area contributed by atoms with Crippen molar-refractivity contribution in [2.45, 2.75) is 31.2 Å². The second-order valence-electron chi connectivity index (χ2n) is 6.89. The van der Waals surface area contributed by atoms with E-state index in [2.05, 4.69) is 15.5 Å². The van der Waals surface area contributed by atoms with Gasteiger partial charge >= 0.3 is 5.97 Å². The highest BCUT2D eigenvalue weighted by Crippen LogP contribution is 2.48. The molecule has 0 bridgehead atoms. The van der Waals surface area contributed by atoms with E-state index in [-0.39, 0.29) is 17.8 Å². The number of benzene rings is 1. The Balaban J connectivity index is 1.32. The van der Waals surface area contributed by atoms with E-state index in [4.69, 9.17) is 9.84 Å². The molecule has 1 aliphatic carbocycles. The number of pyridine rings is 1. The molecule has 1 aliphatic heterocycles. The Morgan fingerprint density at radius 1 is 1.33 bits per heavy atom. The number of aliphatic carboxylic acids is 1. The third-order valence-corrected chi connectivity index (χ3v) is 5.01. The van der Waals surface area contributed by atoms with E-state index in [0.717, 1.165) is 17.7 Å². The first-order valence-electron chi connectivity index (χ1n) is 8.99. The summed E-state index contributed by atoms with van der Waals surface area (Å²) in [6.45, 7) is 0.434. The average molecular weight is 369 g/mol. The first-order chi connectivity index (χ1) is 13.1. The number of rotatable bonds is 7. The monoisotopic (exact) mass is 369 g/mol. The smallest absolute Gasteiger partial charge is 0.307 e. The lowest BCUT2D eigenvalue weighted by atomic mass is 10.0. The minimum absolute atomic E-state index is 0.119. The molecular weight excluding hydrogens is 349 g/mol. The second-order valence-corrected chi connectivity index (χ2v) is 6.89. The summed E-state index contributed by atoms with van der Waals surface area (Å²) in [5.74, 6) is -1.20. The van der Waals surface area contributed by atoms with E-state index >= 15 is 0 Å². The van der Waals surface area contributed by atoms with Gasteiger partial charge in [0, 0.05) is 25.0 Å². The van der Waals surface area contributed by atoms with Gasteiger partial charge in [-0.15, -0.1) is 0 Å². The molecule has 1 saturated carbocycles. The van der Waals surface area contributed by atoms with Crippen molar-refractivity contribution in [3.63, 3.8) is 0 Å². The molecule has 0 radical (unpaired) electrons. The first kappa shape index (κ1) is 17.5. The standard InChI is InChI=1S/C20H20FN3O3/c21-17-3-1-12(9-15(17)14-10-16(14)20(25)26)6-8-27-13-2-4-18(22-11-13)19-5-7-23-24-19/h1-4,7,9,11,14,16,19,24H,5-6,8,10H2,(H,25,26). The number of carboxylic acid groups (broad SMARTS) is 1. The quantitative estimate of drug-likeness (QED) is 0.784. The van der Waals surface area contributed by atoms with Gasteiger partial charge in [-0.25, -0.2) is 4.39 Å². The molecule has 0 spiro atoms. The fraction of sp³-hybridized carbons (Fsp3) is 0.350. The lowest BCUT2D eigenvalue weighted by molar-refractivity contribution is -0.138. The zero-order valence-electron chi connectivity index (χ0n) is 14.6. The van der Waals surface area contributed by atoms with Crippen LogP contribution < -0.4 is 10.2 Å². The van der Waals surface area contributed by atoms with Crippen molar-refractivity contribution in [3.05, 3.63) is 59.2 Å². The number of hydrogen-bond donors (Lipinski definition) is 2. The molecular formula is C20H20FN3O3. The molecule has 7 heteroatoms. The van der Waals surface area contributed by atoms with Gasteiger partial charge in [-0.2, -0.15) is 5.10 Å². The molecule has 27 heavy (non-hydrogen) atoms. The highest BCUT2D eigenvalue weighted by Gasteiger charge is 2.45. The molecule has 0 amide bonds. The second kappa shape index (κ2) is 7.34. The number of ether oxygens (including phenoxy) is 1. The van der Waals surface area contributed by atoms with Crippen LogP contribution in [-0.2, 0) is 11.2 Å². The van der Waals surface area contributed by atoms with Crippen LogP contribution in [0.5, 0.6) is 5.75 Å². The minimum atomic E-state index is -0.858. The SMILES string of the molecule is O=C(O)C1CC1c1cc(CCOc2ccc(C3CC=NN3)nc2)ccc1F. The molecule has 2 aromatic rings. The Labute approximate surface area is 156 Å². The van der Waals surface area contributed by atoms with E-state index in [1.54, 1.807) is 18.3 Å². The van der Waals surface area contributed by atoms with Crippen LogP contribution >= 0.6 is 0 Å². The van der Waals surface area contributed by atoms with Gasteiger partial charge < -0.3 is 15.3 Å². The molecule has 3 unspecified atom stereocenters. The van der Waals surface area contributed by atoms with Gasteiger partial charge in [0.05, 0.1) is 30.5 Å². The van der Waals surface area contributed by atoms with E-state index in [9.17, 15) is 9.18 Å².